The summed E-state index contributed by atoms with van der Waals surface area (Å²) in [6.45, 7) is 5.98. The zero-order chi connectivity index (χ0) is 10.0. The van der Waals surface area contributed by atoms with Crippen LogP contribution in [0.2, 0.25) is 0 Å². The van der Waals surface area contributed by atoms with Crippen molar-refractivity contribution in [3.63, 3.8) is 0 Å². The van der Waals surface area contributed by atoms with Gasteiger partial charge in [-0.25, -0.2) is 0 Å². The van der Waals surface area contributed by atoms with Gasteiger partial charge in [0.05, 0.1) is 6.61 Å². The van der Waals surface area contributed by atoms with E-state index in [-0.39, 0.29) is 5.60 Å². The molecule has 0 saturated carbocycles. The highest BCUT2D eigenvalue weighted by atomic mass is 16.5. The van der Waals surface area contributed by atoms with E-state index in [0.29, 0.717) is 6.04 Å². The van der Waals surface area contributed by atoms with Gasteiger partial charge in [-0.3, -0.25) is 0 Å². The predicted octanol–water partition coefficient (Wildman–Crippen LogP) is 1.71. The predicted molar refractivity (Wildman–Crippen MR) is 56.0 cm³/mol. The summed E-state index contributed by atoms with van der Waals surface area (Å²) in [6.07, 6.45) is 0. The first-order valence-corrected chi connectivity index (χ1v) is 5.08. The first kappa shape index (κ1) is 9.69. The number of hydrogen-bond donors (Lipinski definition) is 1. The molecule has 0 aromatic heterocycles. The summed E-state index contributed by atoms with van der Waals surface area (Å²) in [6, 6.07) is 11.6. The summed E-state index contributed by atoms with van der Waals surface area (Å²) in [7, 11) is 0. The van der Waals surface area contributed by atoms with Gasteiger partial charge in [0.15, 0.2) is 0 Å². The third kappa shape index (κ3) is 1.56. The van der Waals surface area contributed by atoms with E-state index in [4.69, 9.17) is 4.74 Å². The third-order valence-electron chi connectivity index (χ3n) is 3.02. The van der Waals surface area contributed by atoms with Gasteiger partial charge in [-0.1, -0.05) is 24.3 Å². The van der Waals surface area contributed by atoms with Gasteiger partial charge in [-0.2, -0.15) is 0 Å². The number of morpholine rings is 1. The second-order valence-corrected chi connectivity index (χ2v) is 3.91. The molecule has 1 saturated heterocycles. The van der Waals surface area contributed by atoms with Crippen LogP contribution in [0.15, 0.2) is 24.3 Å². The number of benzene rings is 1. The summed E-state index contributed by atoms with van der Waals surface area (Å²) >= 11 is 0. The van der Waals surface area contributed by atoms with E-state index < -0.39 is 0 Å². The van der Waals surface area contributed by atoms with Crippen LogP contribution in [-0.4, -0.2) is 19.2 Å². The normalized spacial score (nSPS) is 32.9. The summed E-state index contributed by atoms with van der Waals surface area (Å²) < 4.78 is 5.87. The van der Waals surface area contributed by atoms with Crippen molar-refractivity contribution in [1.29, 1.82) is 0 Å². The molecule has 14 heavy (non-hydrogen) atoms. The molecular weight excluding hydrogens is 174 g/mol. The molecule has 2 unspecified atom stereocenters. The molecule has 1 aromatic carbocycles. The Balaban J connectivity index is 2.30. The van der Waals surface area contributed by atoms with Gasteiger partial charge in [-0.15, -0.1) is 0 Å². The first-order valence-electron chi connectivity index (χ1n) is 5.08. The molecule has 0 aliphatic carbocycles. The van der Waals surface area contributed by atoms with E-state index in [1.807, 2.05) is 18.2 Å². The van der Waals surface area contributed by atoms with Gasteiger partial charge in [0, 0.05) is 12.6 Å². The lowest BCUT2D eigenvalue weighted by atomic mass is 9.88. The average Bonchev–Trinajstić information content (AvgIpc) is 2.24. The Hall–Kier alpha value is -0.860. The summed E-state index contributed by atoms with van der Waals surface area (Å²) in [4.78, 5) is 0. The van der Waals surface area contributed by atoms with E-state index in [2.05, 4.69) is 31.3 Å². The highest BCUT2D eigenvalue weighted by molar-refractivity contribution is 5.23. The molecule has 0 amide bonds. The molecule has 1 aliphatic heterocycles. The fraction of sp³-hybridized carbons (Fsp3) is 0.500. The van der Waals surface area contributed by atoms with Crippen molar-refractivity contribution in [1.82, 2.24) is 5.32 Å². The number of ether oxygens (including phenoxy) is 1. The van der Waals surface area contributed by atoms with Gasteiger partial charge in [0.25, 0.3) is 0 Å². The maximum atomic E-state index is 5.87. The molecule has 2 heteroatoms. The third-order valence-corrected chi connectivity index (χ3v) is 3.02. The van der Waals surface area contributed by atoms with Crippen LogP contribution in [0.25, 0.3) is 0 Å². The molecule has 2 rings (SSSR count). The van der Waals surface area contributed by atoms with Crippen LogP contribution in [0.1, 0.15) is 19.4 Å². The Morgan fingerprint density at radius 1 is 1.57 bits per heavy atom. The van der Waals surface area contributed by atoms with Crippen LogP contribution in [0.5, 0.6) is 0 Å². The molecule has 0 bridgehead atoms. The maximum Gasteiger partial charge on any atom is 0.106 e. The van der Waals surface area contributed by atoms with Crippen molar-refractivity contribution in [2.75, 3.05) is 13.2 Å². The SMILES string of the molecule is CC1NCCOC1(C)c1[c]cccc1. The molecule has 1 N–H and O–H groups in total. The van der Waals surface area contributed by atoms with Crippen LogP contribution in [0.3, 0.4) is 0 Å². The van der Waals surface area contributed by atoms with Crippen LogP contribution in [0.4, 0.5) is 0 Å². The minimum atomic E-state index is -0.237. The Morgan fingerprint density at radius 2 is 2.43 bits per heavy atom. The molecule has 1 heterocycles. The summed E-state index contributed by atoms with van der Waals surface area (Å²) in [5, 5.41) is 3.43. The monoisotopic (exact) mass is 190 g/mol. The zero-order valence-corrected chi connectivity index (χ0v) is 8.71. The molecule has 75 valence electrons. The topological polar surface area (TPSA) is 21.3 Å². The van der Waals surface area contributed by atoms with E-state index in [9.17, 15) is 0 Å². The minimum Gasteiger partial charge on any atom is -0.368 e. The van der Waals surface area contributed by atoms with Crippen molar-refractivity contribution in [2.24, 2.45) is 0 Å². The number of rotatable bonds is 1. The zero-order valence-electron chi connectivity index (χ0n) is 8.71. The van der Waals surface area contributed by atoms with Crippen molar-refractivity contribution >= 4 is 0 Å². The van der Waals surface area contributed by atoms with Gasteiger partial charge in [0.2, 0.25) is 0 Å². The summed E-state index contributed by atoms with van der Waals surface area (Å²) in [5.41, 5.74) is 0.888. The molecular formula is C12H16NO. The van der Waals surface area contributed by atoms with Gasteiger partial charge >= 0.3 is 0 Å². The summed E-state index contributed by atoms with van der Waals surface area (Å²) in [5.74, 6) is 0. The van der Waals surface area contributed by atoms with Crippen LogP contribution in [0, 0.1) is 6.07 Å². The first-order chi connectivity index (χ1) is 6.73. The van der Waals surface area contributed by atoms with E-state index in [1.165, 1.54) is 0 Å². The second-order valence-electron chi connectivity index (χ2n) is 3.91. The van der Waals surface area contributed by atoms with Crippen molar-refractivity contribution in [3.8, 4) is 0 Å². The fourth-order valence-corrected chi connectivity index (χ4v) is 1.87. The Morgan fingerprint density at radius 3 is 3.07 bits per heavy atom. The lowest BCUT2D eigenvalue weighted by Gasteiger charge is -2.40. The van der Waals surface area contributed by atoms with E-state index >= 15 is 0 Å². The van der Waals surface area contributed by atoms with Crippen LogP contribution < -0.4 is 5.32 Å². The Bertz CT molecular complexity index is 298. The van der Waals surface area contributed by atoms with Crippen LogP contribution >= 0.6 is 0 Å². The Labute approximate surface area is 85.3 Å². The van der Waals surface area contributed by atoms with Gasteiger partial charge in [-0.05, 0) is 25.5 Å². The van der Waals surface area contributed by atoms with Crippen LogP contribution in [-0.2, 0) is 10.3 Å². The number of nitrogens with one attached hydrogen (secondary N) is 1. The molecule has 2 nitrogen and oxygen atoms in total. The lowest BCUT2D eigenvalue weighted by Crippen LogP contribution is -2.52. The Kier molecular flexibility index (Phi) is 2.57. The molecule has 1 aliphatic rings. The fourth-order valence-electron chi connectivity index (χ4n) is 1.87. The highest BCUT2D eigenvalue weighted by Crippen LogP contribution is 2.30. The van der Waals surface area contributed by atoms with E-state index in [0.717, 1.165) is 18.7 Å². The van der Waals surface area contributed by atoms with Crippen molar-refractivity contribution in [2.45, 2.75) is 25.5 Å². The molecule has 1 radical (unpaired) electrons. The molecule has 2 atom stereocenters. The molecule has 1 aromatic rings. The highest BCUT2D eigenvalue weighted by Gasteiger charge is 2.36. The lowest BCUT2D eigenvalue weighted by molar-refractivity contribution is -0.0852. The van der Waals surface area contributed by atoms with Gasteiger partial charge in [0.1, 0.15) is 5.60 Å². The smallest absolute Gasteiger partial charge is 0.106 e. The quantitative estimate of drug-likeness (QED) is 0.728. The molecule has 0 spiro atoms. The number of hydrogen-bond acceptors (Lipinski definition) is 2. The standard InChI is InChI=1S/C12H16NO/c1-10-12(2,14-9-8-13-10)11-6-4-3-5-7-11/h3-6,10,13H,8-9H2,1-2H3. The molecule has 1 fully saturated rings. The van der Waals surface area contributed by atoms with Gasteiger partial charge < -0.3 is 10.1 Å². The maximum absolute atomic E-state index is 5.87. The van der Waals surface area contributed by atoms with Crippen molar-refractivity contribution in [3.05, 3.63) is 35.9 Å². The average molecular weight is 190 g/mol. The minimum absolute atomic E-state index is 0.237. The largest absolute Gasteiger partial charge is 0.368 e. The second kappa shape index (κ2) is 3.71. The van der Waals surface area contributed by atoms with Crippen molar-refractivity contribution < 1.29 is 4.74 Å². The van der Waals surface area contributed by atoms with E-state index in [1.54, 1.807) is 0 Å².